The van der Waals surface area contributed by atoms with Crippen LogP contribution in [0.4, 0.5) is 22.7 Å². The molecule has 14 rings (SSSR count). The van der Waals surface area contributed by atoms with Crippen LogP contribution in [0.5, 0.6) is 5.75 Å². The highest BCUT2D eigenvalue weighted by Gasteiger charge is 2.51. The van der Waals surface area contributed by atoms with Gasteiger partial charge in [-0.1, -0.05) is 139 Å². The van der Waals surface area contributed by atoms with Crippen LogP contribution in [0.3, 0.4) is 0 Å². The maximum Gasteiger partial charge on any atom is 0.246 e. The van der Waals surface area contributed by atoms with Gasteiger partial charge in [-0.25, -0.2) is 9.97 Å². The molecule has 0 bridgehead atoms. The Balaban J connectivity index is 0.594. The molecule has 2 saturated heterocycles. The van der Waals surface area contributed by atoms with Crippen LogP contribution in [0.2, 0.25) is 0 Å². The lowest BCUT2D eigenvalue weighted by molar-refractivity contribution is -0.144. The van der Waals surface area contributed by atoms with E-state index in [9.17, 15) is 57.8 Å². The minimum absolute atomic E-state index is 0.0194. The highest BCUT2D eigenvalue weighted by molar-refractivity contribution is 7.13. The number of hydrogen-bond donors (Lipinski definition) is 13. The topological polar surface area (TPSA) is 507 Å². The number of ether oxygens (including phenoxy) is 1. The van der Waals surface area contributed by atoms with Gasteiger partial charge in [-0.05, 0) is 227 Å². The van der Waals surface area contributed by atoms with E-state index in [1.807, 2.05) is 168 Å². The molecule has 8 heterocycles. The average Bonchev–Trinajstić information content (AvgIpc) is 1.61. The van der Waals surface area contributed by atoms with Gasteiger partial charge in [-0.15, -0.1) is 22.7 Å². The molecule has 17 N–H and O–H groups in total. The number of thiazole rings is 2. The van der Waals surface area contributed by atoms with Crippen LogP contribution in [0, 0.1) is 38.5 Å². The number of nitrogens with two attached hydrogens (primary N) is 4. The number of β-amino-alcohol motifs (C(OH)–C–C–N with tert-alkyl or cyclic N) is 1. The molecule has 0 saturated carbocycles. The number of unbranched alkanes of at least 4 members (excludes halogenated alkanes) is 4. The third-order valence-corrected chi connectivity index (χ3v) is 30.4. The third kappa shape index (κ3) is 25.6. The first kappa shape index (κ1) is 107. The molecular weight excluding hydrogens is 1870 g/mol. The quantitative estimate of drug-likeness (QED) is 0.0159. The van der Waals surface area contributed by atoms with Gasteiger partial charge in [0.2, 0.25) is 82.7 Å². The Labute approximate surface area is 848 Å². The number of aliphatic hydroxyl groups is 1. The lowest BCUT2D eigenvalue weighted by Crippen LogP contribution is -2.57. The zero-order valence-corrected chi connectivity index (χ0v) is 85.7. The van der Waals surface area contributed by atoms with E-state index in [0.717, 1.165) is 76.8 Å². The minimum Gasteiger partial charge on any atom is -0.488 e. The summed E-state index contributed by atoms with van der Waals surface area (Å²) < 4.78 is 6.91. The summed E-state index contributed by atoms with van der Waals surface area (Å²) >= 11 is 3.07. The first-order chi connectivity index (χ1) is 68.4. The van der Waals surface area contributed by atoms with E-state index >= 15 is 14.4 Å². The molecule has 0 spiro atoms. The molecular formula is C108H136N18O16S2. The Morgan fingerprint density at radius 2 is 0.965 bits per heavy atom. The van der Waals surface area contributed by atoms with E-state index in [-0.39, 0.29) is 101 Å². The zero-order valence-electron chi connectivity index (χ0n) is 84.1. The summed E-state index contributed by atoms with van der Waals surface area (Å²) in [4.78, 5) is 215. The van der Waals surface area contributed by atoms with Crippen LogP contribution < -0.4 is 80.0 Å². The number of nitrogens with one attached hydrogen (secondary N) is 8. The van der Waals surface area contributed by atoms with Crippen LogP contribution in [-0.2, 0) is 106 Å². The lowest BCUT2D eigenvalue weighted by Gasteiger charge is -2.35. The van der Waals surface area contributed by atoms with Gasteiger partial charge in [-0.3, -0.25) is 76.9 Å². The van der Waals surface area contributed by atoms with Crippen LogP contribution in [0.25, 0.3) is 20.9 Å². The number of hydrogen-bond acceptors (Lipinski definition) is 22. The second-order valence-corrected chi connectivity index (χ2v) is 43.2. The van der Waals surface area contributed by atoms with Crippen molar-refractivity contribution in [1.29, 1.82) is 0 Å². The van der Waals surface area contributed by atoms with Gasteiger partial charge >= 0.3 is 0 Å². The zero-order chi connectivity index (χ0) is 104. The summed E-state index contributed by atoms with van der Waals surface area (Å²) in [6.45, 7) is 22.2. The number of carbonyl (C=O) groups is 14. The fourth-order valence-corrected chi connectivity index (χ4v) is 22.1. The summed E-state index contributed by atoms with van der Waals surface area (Å²) in [7, 11) is 0. The molecule has 36 heteroatoms. The highest BCUT2D eigenvalue weighted by Crippen LogP contribution is 2.45. The second kappa shape index (κ2) is 46.3. The molecule has 144 heavy (non-hydrogen) atoms. The van der Waals surface area contributed by atoms with Crippen molar-refractivity contribution >= 4 is 128 Å². The molecule has 0 unspecified atom stereocenters. The van der Waals surface area contributed by atoms with Gasteiger partial charge in [0.15, 0.2) is 0 Å². The maximum atomic E-state index is 15.6. The smallest absolute Gasteiger partial charge is 0.246 e. The molecule has 8 aromatic rings. The maximum absolute atomic E-state index is 15.6. The molecule has 766 valence electrons. The number of amides is 14. The summed E-state index contributed by atoms with van der Waals surface area (Å²) in [5.41, 5.74) is 39.9. The number of anilines is 4. The van der Waals surface area contributed by atoms with Crippen molar-refractivity contribution in [2.24, 2.45) is 33.8 Å². The van der Waals surface area contributed by atoms with Crippen LogP contribution in [0.15, 0.2) is 126 Å². The van der Waals surface area contributed by atoms with Gasteiger partial charge in [0.05, 0.1) is 80.4 Å². The summed E-state index contributed by atoms with van der Waals surface area (Å²) in [6.07, 6.45) is 3.87. The van der Waals surface area contributed by atoms with Crippen molar-refractivity contribution in [1.82, 2.24) is 51.7 Å². The number of aromatic nitrogens is 2. The Morgan fingerprint density at radius 1 is 0.500 bits per heavy atom. The molecule has 34 nitrogen and oxygen atoms in total. The van der Waals surface area contributed by atoms with E-state index in [2.05, 4.69) is 52.5 Å². The number of aliphatic hydroxyl groups excluding tert-OH is 1. The van der Waals surface area contributed by atoms with Crippen LogP contribution in [-0.4, -0.2) is 193 Å². The standard InChI is InChI=1S/C108H136N18O16S2/c1-58-45-64(47-74(46-58)117-97(132)81(41-43-87(111)128)119-101(136)85-50-71-25-19-24-68-37-39-78(109)103(138)125(85)91(68)71)21-15-13-17-27-89(130)122-96(108(10,11)12)106(141)124-55-77(53-84(124)100(135)116-61(4)67-31-35-70(36-32-67)94-63(6)114-57-144-94)142-76-48-72-38-40-79(110)104(139)126-86(51-73(49-76)92(72)126)102(137)120-82(42-44-88(112)129)98(133)118-80-26-20-23-65(59(80)2)22-16-14-18-28-90(131)121-95(107(7,8)9)105(140)123-54-75(127)52-83(123)99(134)115-60(3)66-29-33-69(34-30-66)93-62(5)113-56-143-93/h19-20,23-26,29-36,45-49,56-57,60-61,75,77-79,81-86,95-96,127H,13-18,21-22,27-28,37-44,50-55,109-110H2,1-12H3,(H2,111,128)(H2,112,129)(H,115,134)(H,116,135)(H,117,132)(H,118,133)(H,119,136)(H,120,137)(H,121,131)(H,122,130)/t60-,61-,75+,77+,78-,79-,81-,82-,83-,84-,85-,86-,95+,96+/m0/s1. The lowest BCUT2D eigenvalue weighted by atomic mass is 9.85. The SMILES string of the molecule is Cc1cc(CCCCCC(=O)N[C@H](C(=O)N2C[C@H](Oc3cc4c5c(c3)C[C@@H](C(=O)N[C@@H](CCC(N)=O)C(=O)Nc3cccc(CCCCCC(=O)N[C@H](C(=O)N6C[C@H](O)C[C@H]6C(=O)N[C@@H](C)c6ccc(-c7scnc7C)cc6)C(C)(C)C)c3C)N5C(=O)[C@@H](N)CC4)C[C@H]2C(=O)N[C@@H](C)c2ccc(-c3scnc3C)cc2)C(C)(C)C)cc(NC(=O)[C@H](CCC(N)=O)NC(=O)[C@@H]2Cc3cccc4c3N2C(=O)[C@@H](N)CC4)c1. The number of carbonyl (C=O) groups excluding carboxylic acids is 14. The number of likely N-dealkylation sites (tertiary alicyclic amines) is 2. The summed E-state index contributed by atoms with van der Waals surface area (Å²) in [5, 5.41) is 34.7. The number of para-hydroxylation sites is 1. The minimum atomic E-state index is -1.33. The van der Waals surface area contributed by atoms with E-state index in [1.165, 1.54) is 30.9 Å². The third-order valence-electron chi connectivity index (χ3n) is 28.4. The molecule has 6 aromatic carbocycles. The molecule has 14 amide bonds. The number of rotatable bonds is 40. The van der Waals surface area contributed by atoms with Gasteiger partial charge < -0.3 is 85.1 Å². The Bertz CT molecular complexity index is 6170. The normalized spacial score (nSPS) is 19.8. The molecule has 0 radical (unpaired) electrons. The van der Waals surface area contributed by atoms with Crippen molar-refractivity contribution in [2.75, 3.05) is 33.5 Å². The number of aryl methyl sites for hydroxylation is 7. The van der Waals surface area contributed by atoms with Crippen LogP contribution >= 0.6 is 22.7 Å². The van der Waals surface area contributed by atoms with Crippen LogP contribution in [0.1, 0.15) is 237 Å². The molecule has 14 atom stereocenters. The van der Waals surface area contributed by atoms with Gasteiger partial charge in [0.1, 0.15) is 60.2 Å². The van der Waals surface area contributed by atoms with E-state index < -0.39 is 161 Å². The summed E-state index contributed by atoms with van der Waals surface area (Å²) in [6, 6.07) is 24.2. The average molecular weight is 2010 g/mol. The number of nitrogens with zero attached hydrogens (tertiary/aromatic N) is 6. The van der Waals surface area contributed by atoms with Crippen molar-refractivity contribution in [3.05, 3.63) is 193 Å². The van der Waals surface area contributed by atoms with Gasteiger partial charge in [0, 0.05) is 69.3 Å². The first-order valence-electron chi connectivity index (χ1n) is 50.0. The second-order valence-electron chi connectivity index (χ2n) is 41.5. The van der Waals surface area contributed by atoms with Gasteiger partial charge in [0.25, 0.3) is 0 Å². The summed E-state index contributed by atoms with van der Waals surface area (Å²) in [5.74, 6) is -7.03. The predicted octanol–water partition coefficient (Wildman–Crippen LogP) is 10.0. The van der Waals surface area contributed by atoms with E-state index in [0.29, 0.717) is 110 Å². The van der Waals surface area contributed by atoms with Gasteiger partial charge in [-0.2, -0.15) is 0 Å². The molecule has 2 fully saturated rings. The largest absolute Gasteiger partial charge is 0.488 e. The van der Waals surface area contributed by atoms with Crippen molar-refractivity contribution < 1.29 is 77.0 Å². The van der Waals surface area contributed by atoms with E-state index in [1.54, 1.807) is 52.7 Å². The molecule has 6 aliphatic rings. The fourth-order valence-electron chi connectivity index (χ4n) is 20.4. The monoisotopic (exact) mass is 2000 g/mol. The van der Waals surface area contributed by atoms with Crippen molar-refractivity contribution in [2.45, 2.75) is 309 Å². The predicted molar refractivity (Wildman–Crippen MR) is 551 cm³/mol. The number of primary amides is 2. The highest BCUT2D eigenvalue weighted by atomic mass is 32.1. The number of benzene rings is 6. The molecule has 2 aromatic heterocycles. The Hall–Kier alpha value is -13.2. The van der Waals surface area contributed by atoms with Crippen molar-refractivity contribution in [3.8, 4) is 26.6 Å². The first-order valence-corrected chi connectivity index (χ1v) is 51.8. The van der Waals surface area contributed by atoms with E-state index in [4.69, 9.17) is 27.7 Å². The molecule has 0 aliphatic carbocycles. The van der Waals surface area contributed by atoms with Crippen molar-refractivity contribution in [3.63, 3.8) is 0 Å². The Kier molecular flexibility index (Phi) is 34.3. The fraction of sp³-hybridized carbons (Fsp3) is 0.481. The molecule has 6 aliphatic heterocycles. The Morgan fingerprint density at radius 3 is 1.48 bits per heavy atom.